The van der Waals surface area contributed by atoms with Crippen molar-refractivity contribution in [2.24, 2.45) is 0 Å². The summed E-state index contributed by atoms with van der Waals surface area (Å²) in [6, 6.07) is 4.88. The van der Waals surface area contributed by atoms with E-state index in [0.29, 0.717) is 43.2 Å². The normalized spacial score (nSPS) is 13.9. The summed E-state index contributed by atoms with van der Waals surface area (Å²) in [5.74, 6) is 3.32. The average molecular weight is 331 g/mol. The molecule has 7 nitrogen and oxygen atoms in total. The topological polar surface area (TPSA) is 71.1 Å². The second-order valence-corrected chi connectivity index (χ2v) is 5.21. The zero-order valence-corrected chi connectivity index (χ0v) is 13.9. The number of hydrogen-bond donors (Lipinski definition) is 1. The van der Waals surface area contributed by atoms with E-state index in [1.165, 1.54) is 7.11 Å². The molecule has 128 valence electrons. The Morgan fingerprint density at radius 1 is 1.17 bits per heavy atom. The van der Waals surface area contributed by atoms with Gasteiger partial charge in [-0.25, -0.2) is 4.79 Å². The van der Waals surface area contributed by atoms with Gasteiger partial charge in [0.1, 0.15) is 11.5 Å². The highest BCUT2D eigenvalue weighted by molar-refractivity contribution is 5.97. The van der Waals surface area contributed by atoms with Gasteiger partial charge in [0, 0.05) is 32.2 Å². The molecule has 24 heavy (non-hydrogen) atoms. The smallest absolute Gasteiger partial charge is 0.318 e. The van der Waals surface area contributed by atoms with Crippen LogP contribution in [0.1, 0.15) is 10.4 Å². The zero-order chi connectivity index (χ0) is 17.5. The van der Waals surface area contributed by atoms with Crippen molar-refractivity contribution in [2.75, 3.05) is 46.9 Å². The summed E-state index contributed by atoms with van der Waals surface area (Å²) in [6.07, 6.45) is 5.12. The van der Waals surface area contributed by atoms with Crippen molar-refractivity contribution < 1.29 is 19.1 Å². The first-order valence-corrected chi connectivity index (χ1v) is 7.58. The molecule has 1 N–H and O–H groups in total. The van der Waals surface area contributed by atoms with Gasteiger partial charge in [-0.2, -0.15) is 0 Å². The Kier molecular flexibility index (Phi) is 5.90. The molecule has 1 fully saturated rings. The third-order valence-corrected chi connectivity index (χ3v) is 3.83. The maximum atomic E-state index is 12.7. The largest absolute Gasteiger partial charge is 0.497 e. The van der Waals surface area contributed by atoms with Crippen LogP contribution in [-0.2, 0) is 0 Å². The average Bonchev–Trinajstić information content (AvgIpc) is 2.65. The number of ether oxygens (including phenoxy) is 2. The molecular formula is C17H21N3O4. The molecule has 1 aromatic carbocycles. The molecule has 0 aliphatic carbocycles. The molecule has 1 aliphatic rings. The molecule has 7 heteroatoms. The van der Waals surface area contributed by atoms with Crippen molar-refractivity contribution in [3.63, 3.8) is 0 Å². The van der Waals surface area contributed by atoms with Crippen LogP contribution < -0.4 is 14.8 Å². The van der Waals surface area contributed by atoms with Crippen molar-refractivity contribution in [3.05, 3.63) is 23.8 Å². The number of amides is 3. The van der Waals surface area contributed by atoms with Crippen molar-refractivity contribution in [1.29, 1.82) is 0 Å². The number of benzene rings is 1. The monoisotopic (exact) mass is 331 g/mol. The lowest BCUT2D eigenvalue weighted by molar-refractivity contribution is 0.0662. The van der Waals surface area contributed by atoms with Gasteiger partial charge in [0.15, 0.2) is 0 Å². The van der Waals surface area contributed by atoms with Crippen LogP contribution in [0.25, 0.3) is 0 Å². The number of hydrogen-bond acceptors (Lipinski definition) is 4. The molecule has 0 saturated carbocycles. The van der Waals surface area contributed by atoms with Crippen molar-refractivity contribution in [1.82, 2.24) is 15.1 Å². The third-order valence-electron chi connectivity index (χ3n) is 3.83. The Balaban J connectivity index is 2.00. The van der Waals surface area contributed by atoms with E-state index in [9.17, 15) is 9.59 Å². The van der Waals surface area contributed by atoms with E-state index in [2.05, 4.69) is 11.2 Å². The van der Waals surface area contributed by atoms with Gasteiger partial charge in [-0.15, -0.1) is 6.42 Å². The molecular weight excluding hydrogens is 310 g/mol. The number of piperazine rings is 1. The number of methoxy groups -OCH3 is 2. The van der Waals surface area contributed by atoms with Crippen LogP contribution in [0.5, 0.6) is 11.5 Å². The number of carbonyl (C=O) groups is 2. The van der Waals surface area contributed by atoms with Gasteiger partial charge < -0.3 is 24.6 Å². The predicted octanol–water partition coefficient (Wildman–Crippen LogP) is 0.804. The molecule has 1 saturated heterocycles. The highest BCUT2D eigenvalue weighted by Gasteiger charge is 2.26. The van der Waals surface area contributed by atoms with Crippen LogP contribution in [-0.4, -0.2) is 68.7 Å². The molecule has 0 aromatic heterocycles. The Hall–Kier alpha value is -2.88. The standard InChI is InChI=1S/C17H21N3O4/c1-4-7-18-17(22)20-10-8-19(9-11-20)16(21)14-6-5-13(23-2)12-15(14)24-3/h1,5-6,12H,7-11H2,2-3H3,(H,18,22). The Bertz CT molecular complexity index is 646. The Morgan fingerprint density at radius 3 is 2.42 bits per heavy atom. The van der Waals surface area contributed by atoms with Gasteiger partial charge in [0.25, 0.3) is 5.91 Å². The summed E-state index contributed by atoms with van der Waals surface area (Å²) in [5, 5.41) is 2.62. The first-order chi connectivity index (χ1) is 11.6. The van der Waals surface area contributed by atoms with Gasteiger partial charge in [0.2, 0.25) is 0 Å². The van der Waals surface area contributed by atoms with E-state index >= 15 is 0 Å². The van der Waals surface area contributed by atoms with Crippen LogP contribution in [0.4, 0.5) is 4.79 Å². The number of carbonyl (C=O) groups excluding carboxylic acids is 2. The number of rotatable bonds is 4. The molecule has 1 aromatic rings. The van der Waals surface area contributed by atoms with E-state index in [0.717, 1.165) is 0 Å². The number of urea groups is 1. The highest BCUT2D eigenvalue weighted by atomic mass is 16.5. The van der Waals surface area contributed by atoms with Crippen molar-refractivity contribution in [2.45, 2.75) is 0 Å². The molecule has 3 amide bonds. The van der Waals surface area contributed by atoms with Crippen LogP contribution in [0.15, 0.2) is 18.2 Å². The van der Waals surface area contributed by atoms with E-state index in [1.807, 2.05) is 0 Å². The second-order valence-electron chi connectivity index (χ2n) is 5.21. The Morgan fingerprint density at radius 2 is 1.83 bits per heavy atom. The van der Waals surface area contributed by atoms with E-state index in [1.54, 1.807) is 35.1 Å². The summed E-state index contributed by atoms with van der Waals surface area (Å²) in [7, 11) is 3.07. The minimum atomic E-state index is -0.206. The summed E-state index contributed by atoms with van der Waals surface area (Å²) in [5.41, 5.74) is 0.475. The minimum Gasteiger partial charge on any atom is -0.497 e. The molecule has 0 atom stereocenters. The van der Waals surface area contributed by atoms with Gasteiger partial charge in [0.05, 0.1) is 26.3 Å². The van der Waals surface area contributed by atoms with Gasteiger partial charge >= 0.3 is 6.03 Å². The quantitative estimate of drug-likeness (QED) is 0.829. The number of nitrogens with zero attached hydrogens (tertiary/aromatic N) is 2. The van der Waals surface area contributed by atoms with Gasteiger partial charge in [-0.05, 0) is 12.1 Å². The third kappa shape index (κ3) is 3.90. The maximum absolute atomic E-state index is 12.7. The first kappa shape index (κ1) is 17.5. The fourth-order valence-electron chi connectivity index (χ4n) is 2.50. The van der Waals surface area contributed by atoms with Crippen molar-refractivity contribution >= 4 is 11.9 Å². The summed E-state index contributed by atoms with van der Waals surface area (Å²) < 4.78 is 10.4. The van der Waals surface area contributed by atoms with Gasteiger partial charge in [-0.3, -0.25) is 4.79 Å². The maximum Gasteiger partial charge on any atom is 0.318 e. The van der Waals surface area contributed by atoms with Crippen LogP contribution >= 0.6 is 0 Å². The van der Waals surface area contributed by atoms with Crippen LogP contribution in [0, 0.1) is 12.3 Å². The van der Waals surface area contributed by atoms with E-state index < -0.39 is 0 Å². The molecule has 1 aliphatic heterocycles. The zero-order valence-electron chi connectivity index (χ0n) is 13.9. The first-order valence-electron chi connectivity index (χ1n) is 7.58. The molecule has 0 radical (unpaired) electrons. The minimum absolute atomic E-state index is 0.127. The summed E-state index contributed by atoms with van der Waals surface area (Å²) in [4.78, 5) is 27.9. The number of terminal acetylenes is 1. The molecule has 0 unspecified atom stereocenters. The number of nitrogens with one attached hydrogen (secondary N) is 1. The second kappa shape index (κ2) is 8.11. The van der Waals surface area contributed by atoms with Crippen LogP contribution in [0.3, 0.4) is 0 Å². The van der Waals surface area contributed by atoms with Crippen LogP contribution in [0.2, 0.25) is 0 Å². The summed E-state index contributed by atoms with van der Waals surface area (Å²) in [6.45, 7) is 2.03. The fraction of sp³-hybridized carbons (Fsp3) is 0.412. The van der Waals surface area contributed by atoms with E-state index in [-0.39, 0.29) is 18.5 Å². The van der Waals surface area contributed by atoms with E-state index in [4.69, 9.17) is 15.9 Å². The predicted molar refractivity (Wildman–Crippen MR) is 89.3 cm³/mol. The fourth-order valence-corrected chi connectivity index (χ4v) is 2.50. The highest BCUT2D eigenvalue weighted by Crippen LogP contribution is 2.26. The molecule has 2 rings (SSSR count). The molecule has 0 spiro atoms. The molecule has 1 heterocycles. The molecule has 0 bridgehead atoms. The van der Waals surface area contributed by atoms with Gasteiger partial charge in [-0.1, -0.05) is 5.92 Å². The Labute approximate surface area is 141 Å². The lowest BCUT2D eigenvalue weighted by Gasteiger charge is -2.34. The SMILES string of the molecule is C#CCNC(=O)N1CCN(C(=O)c2ccc(OC)cc2OC)CC1. The lowest BCUT2D eigenvalue weighted by atomic mass is 10.1. The van der Waals surface area contributed by atoms with Crippen molar-refractivity contribution in [3.8, 4) is 23.8 Å². The lowest BCUT2D eigenvalue weighted by Crippen LogP contribution is -2.53. The summed E-state index contributed by atoms with van der Waals surface area (Å²) >= 11 is 0.